The Kier molecular flexibility index (Phi) is 5.21. The van der Waals surface area contributed by atoms with Crippen LogP contribution in [0.15, 0.2) is 24.3 Å². The molecule has 1 aliphatic rings. The second-order valence-electron chi connectivity index (χ2n) is 5.01. The number of aliphatic hydroxyl groups is 1. The Balaban J connectivity index is 1.84. The lowest BCUT2D eigenvalue weighted by atomic mass is 10.2. The number of benzene rings is 1. The van der Waals surface area contributed by atoms with E-state index >= 15 is 0 Å². The van der Waals surface area contributed by atoms with Crippen LogP contribution in [0.25, 0.3) is 0 Å². The van der Waals surface area contributed by atoms with Gasteiger partial charge >= 0.3 is 0 Å². The van der Waals surface area contributed by atoms with Crippen LogP contribution in [0.3, 0.4) is 0 Å². The lowest BCUT2D eigenvalue weighted by Crippen LogP contribution is -2.36. The molecule has 0 saturated carbocycles. The molecule has 0 bridgehead atoms. The van der Waals surface area contributed by atoms with E-state index in [-0.39, 0.29) is 12.5 Å². The zero-order valence-corrected chi connectivity index (χ0v) is 11.3. The largest absolute Gasteiger partial charge is 0.392 e. The summed E-state index contributed by atoms with van der Waals surface area (Å²) in [5.41, 5.74) is 1.74. The molecule has 0 radical (unpaired) electrons. The highest BCUT2D eigenvalue weighted by Gasteiger charge is 2.14. The summed E-state index contributed by atoms with van der Waals surface area (Å²) in [7, 11) is 0. The molecule has 0 aliphatic carbocycles. The molecule has 1 amide bonds. The Hall–Kier alpha value is -1.55. The first-order valence-electron chi connectivity index (χ1n) is 7.01. The van der Waals surface area contributed by atoms with Crippen molar-refractivity contribution in [1.29, 1.82) is 0 Å². The van der Waals surface area contributed by atoms with Gasteiger partial charge in [0.2, 0.25) is 5.91 Å². The first-order chi connectivity index (χ1) is 9.29. The smallest absolute Gasteiger partial charge is 0.241 e. The number of nitrogens with one attached hydrogen (secondary N) is 1. The van der Waals surface area contributed by atoms with Crippen molar-refractivity contribution in [3.8, 4) is 0 Å². The second kappa shape index (κ2) is 7.14. The van der Waals surface area contributed by atoms with Gasteiger partial charge in [-0.05, 0) is 30.5 Å². The van der Waals surface area contributed by atoms with E-state index in [1.54, 1.807) is 0 Å². The molecular formula is C15H22N2O2. The number of carbonyl (C=O) groups is 1. The number of anilines is 1. The van der Waals surface area contributed by atoms with Crippen LogP contribution in [-0.2, 0) is 11.4 Å². The molecule has 4 nitrogen and oxygen atoms in total. The van der Waals surface area contributed by atoms with Crippen molar-refractivity contribution in [2.45, 2.75) is 32.3 Å². The molecule has 1 aromatic carbocycles. The monoisotopic (exact) mass is 262 g/mol. The van der Waals surface area contributed by atoms with Crippen LogP contribution in [0.2, 0.25) is 0 Å². The van der Waals surface area contributed by atoms with E-state index in [2.05, 4.69) is 5.32 Å². The third-order valence-electron chi connectivity index (χ3n) is 3.51. The maximum atomic E-state index is 12.1. The molecule has 2 rings (SSSR count). The van der Waals surface area contributed by atoms with Gasteiger partial charge in [0.15, 0.2) is 0 Å². The summed E-state index contributed by atoms with van der Waals surface area (Å²) in [6.45, 7) is 2.12. The molecule has 1 aliphatic heterocycles. The Morgan fingerprint density at radius 1 is 1.21 bits per heavy atom. The van der Waals surface area contributed by atoms with Crippen LogP contribution < -0.4 is 5.32 Å². The molecule has 0 aromatic heterocycles. The Labute approximate surface area is 114 Å². The lowest BCUT2D eigenvalue weighted by Gasteiger charge is -2.20. The van der Waals surface area contributed by atoms with E-state index in [4.69, 9.17) is 5.11 Å². The lowest BCUT2D eigenvalue weighted by molar-refractivity contribution is -0.129. The van der Waals surface area contributed by atoms with Crippen LogP contribution >= 0.6 is 0 Å². The Morgan fingerprint density at radius 3 is 2.63 bits per heavy atom. The highest BCUT2D eigenvalue weighted by Crippen LogP contribution is 2.12. The molecule has 104 valence electrons. The molecule has 1 saturated heterocycles. The van der Waals surface area contributed by atoms with Gasteiger partial charge in [-0.2, -0.15) is 0 Å². The number of nitrogens with zero attached hydrogens (tertiary/aromatic N) is 1. The summed E-state index contributed by atoms with van der Waals surface area (Å²) in [5.74, 6) is 0.163. The van der Waals surface area contributed by atoms with E-state index in [9.17, 15) is 4.79 Å². The maximum absolute atomic E-state index is 12.1. The third-order valence-corrected chi connectivity index (χ3v) is 3.51. The molecule has 1 aromatic rings. The molecule has 0 atom stereocenters. The molecule has 19 heavy (non-hydrogen) atoms. The molecular weight excluding hydrogens is 240 g/mol. The molecule has 2 N–H and O–H groups in total. The SMILES string of the molecule is O=C(CNc1cccc(CO)c1)N1CCCCCC1. The van der Waals surface area contributed by atoms with E-state index in [0.717, 1.165) is 37.2 Å². The van der Waals surface area contributed by atoms with Gasteiger partial charge in [0, 0.05) is 18.8 Å². The van der Waals surface area contributed by atoms with Gasteiger partial charge in [0.05, 0.1) is 13.2 Å². The predicted molar refractivity (Wildman–Crippen MR) is 75.9 cm³/mol. The highest BCUT2D eigenvalue weighted by molar-refractivity contribution is 5.80. The fraction of sp³-hybridized carbons (Fsp3) is 0.533. The predicted octanol–water partition coefficient (Wildman–Crippen LogP) is 1.99. The quantitative estimate of drug-likeness (QED) is 0.872. The van der Waals surface area contributed by atoms with Crippen molar-refractivity contribution in [1.82, 2.24) is 4.90 Å². The minimum atomic E-state index is 0.0234. The highest BCUT2D eigenvalue weighted by atomic mass is 16.3. The number of carbonyl (C=O) groups excluding carboxylic acids is 1. The molecule has 4 heteroatoms. The number of hydrogen-bond acceptors (Lipinski definition) is 3. The third kappa shape index (κ3) is 4.24. The average molecular weight is 262 g/mol. The molecule has 0 unspecified atom stereocenters. The summed E-state index contributed by atoms with van der Waals surface area (Å²) in [5, 5.41) is 12.2. The van der Waals surface area contributed by atoms with Gasteiger partial charge in [-0.3, -0.25) is 4.79 Å². The van der Waals surface area contributed by atoms with Crippen LogP contribution in [0.1, 0.15) is 31.2 Å². The second-order valence-corrected chi connectivity index (χ2v) is 5.01. The van der Waals surface area contributed by atoms with Crippen molar-refractivity contribution in [2.24, 2.45) is 0 Å². The number of aliphatic hydroxyl groups excluding tert-OH is 1. The number of hydrogen-bond donors (Lipinski definition) is 2. The van der Waals surface area contributed by atoms with E-state index in [1.165, 1.54) is 12.8 Å². The maximum Gasteiger partial charge on any atom is 0.241 e. The molecule has 0 spiro atoms. The van der Waals surface area contributed by atoms with Crippen molar-refractivity contribution >= 4 is 11.6 Å². The Morgan fingerprint density at radius 2 is 1.95 bits per heavy atom. The van der Waals surface area contributed by atoms with Crippen molar-refractivity contribution in [3.63, 3.8) is 0 Å². The fourth-order valence-electron chi connectivity index (χ4n) is 2.39. The van der Waals surface area contributed by atoms with Crippen LogP contribution in [0.4, 0.5) is 5.69 Å². The van der Waals surface area contributed by atoms with E-state index in [0.29, 0.717) is 6.54 Å². The molecule has 1 fully saturated rings. The first kappa shape index (κ1) is 13.9. The van der Waals surface area contributed by atoms with Gasteiger partial charge in [-0.1, -0.05) is 25.0 Å². The summed E-state index contributed by atoms with van der Waals surface area (Å²) in [4.78, 5) is 14.0. The van der Waals surface area contributed by atoms with Crippen LogP contribution in [0, 0.1) is 0 Å². The zero-order chi connectivity index (χ0) is 13.5. The van der Waals surface area contributed by atoms with Crippen molar-refractivity contribution < 1.29 is 9.90 Å². The first-order valence-corrected chi connectivity index (χ1v) is 7.01. The summed E-state index contributed by atoms with van der Waals surface area (Å²) >= 11 is 0. The number of likely N-dealkylation sites (tertiary alicyclic amines) is 1. The number of rotatable bonds is 4. The standard InChI is InChI=1S/C15H22N2O2/c18-12-13-6-5-7-14(10-13)16-11-15(19)17-8-3-1-2-4-9-17/h5-7,10,16,18H,1-4,8-9,11-12H2. The van der Waals surface area contributed by atoms with Gasteiger partial charge in [-0.25, -0.2) is 0 Å². The van der Waals surface area contributed by atoms with E-state index in [1.807, 2.05) is 29.2 Å². The van der Waals surface area contributed by atoms with Crippen molar-refractivity contribution in [2.75, 3.05) is 25.0 Å². The summed E-state index contributed by atoms with van der Waals surface area (Å²) < 4.78 is 0. The van der Waals surface area contributed by atoms with Gasteiger partial charge in [0.1, 0.15) is 0 Å². The van der Waals surface area contributed by atoms with Crippen molar-refractivity contribution in [3.05, 3.63) is 29.8 Å². The topological polar surface area (TPSA) is 52.6 Å². The minimum absolute atomic E-state index is 0.0234. The van der Waals surface area contributed by atoms with Gasteiger partial charge in [-0.15, -0.1) is 0 Å². The summed E-state index contributed by atoms with van der Waals surface area (Å²) in [6.07, 6.45) is 4.70. The van der Waals surface area contributed by atoms with Gasteiger partial charge < -0.3 is 15.3 Å². The van der Waals surface area contributed by atoms with Gasteiger partial charge in [0.25, 0.3) is 0 Å². The normalized spacial score (nSPS) is 15.9. The Bertz CT molecular complexity index is 412. The van der Waals surface area contributed by atoms with E-state index < -0.39 is 0 Å². The molecule has 1 heterocycles. The number of amides is 1. The average Bonchev–Trinajstić information content (AvgIpc) is 2.74. The minimum Gasteiger partial charge on any atom is -0.392 e. The fourth-order valence-corrected chi connectivity index (χ4v) is 2.39. The van der Waals surface area contributed by atoms with Crippen LogP contribution in [0.5, 0.6) is 0 Å². The van der Waals surface area contributed by atoms with Crippen LogP contribution in [-0.4, -0.2) is 35.5 Å². The summed E-state index contributed by atoms with van der Waals surface area (Å²) in [6, 6.07) is 7.52. The zero-order valence-electron chi connectivity index (χ0n) is 11.3.